The minimum atomic E-state index is -0.305. The summed E-state index contributed by atoms with van der Waals surface area (Å²) < 4.78 is 6.55. The third-order valence-corrected chi connectivity index (χ3v) is 2.88. The molecule has 2 aromatic rings. The molecule has 0 fully saturated rings. The van der Waals surface area contributed by atoms with Crippen LogP contribution in [0.25, 0.3) is 0 Å². The minimum absolute atomic E-state index is 0.0446. The molecule has 0 unspecified atom stereocenters. The number of anilines is 1. The van der Waals surface area contributed by atoms with E-state index >= 15 is 0 Å². The molecule has 0 bridgehead atoms. The van der Waals surface area contributed by atoms with Crippen molar-refractivity contribution in [2.75, 3.05) is 12.4 Å². The smallest absolute Gasteiger partial charge is 0.256 e. The van der Waals surface area contributed by atoms with Crippen LogP contribution in [0, 0.1) is 6.92 Å². The van der Waals surface area contributed by atoms with E-state index in [1.807, 2.05) is 6.92 Å². The largest absolute Gasteiger partial charge is 0.361 e. The summed E-state index contributed by atoms with van der Waals surface area (Å²) in [6.45, 7) is 4.19. The molecule has 0 aromatic carbocycles. The Morgan fingerprint density at radius 2 is 2.19 bits per heavy atom. The van der Waals surface area contributed by atoms with Gasteiger partial charge in [0, 0.05) is 19.7 Å². The van der Waals surface area contributed by atoms with Crippen LogP contribution in [-0.2, 0) is 17.8 Å². The maximum absolute atomic E-state index is 12.0. The summed E-state index contributed by atoms with van der Waals surface area (Å²) in [5.41, 5.74) is 1.03. The Balaban J connectivity index is 2.16. The highest BCUT2D eigenvalue weighted by Gasteiger charge is 2.18. The summed E-state index contributed by atoms with van der Waals surface area (Å²) in [7, 11) is 1.52. The van der Waals surface area contributed by atoms with Gasteiger partial charge in [-0.25, -0.2) is 4.68 Å². The fourth-order valence-electron chi connectivity index (χ4n) is 1.89. The number of aryl methyl sites for hydroxylation is 2. The lowest BCUT2D eigenvalue weighted by molar-refractivity contribution is -0.115. The molecule has 0 radical (unpaired) electrons. The zero-order valence-corrected chi connectivity index (χ0v) is 12.1. The first-order valence-electron chi connectivity index (χ1n) is 6.55. The Morgan fingerprint density at radius 3 is 2.76 bits per heavy atom. The van der Waals surface area contributed by atoms with Gasteiger partial charge in [0.2, 0.25) is 5.91 Å². The molecule has 0 aliphatic heterocycles. The summed E-state index contributed by atoms with van der Waals surface area (Å²) in [4.78, 5) is 23.8. The van der Waals surface area contributed by atoms with Crippen molar-refractivity contribution >= 4 is 17.6 Å². The van der Waals surface area contributed by atoms with Gasteiger partial charge in [-0.15, -0.1) is 0 Å². The van der Waals surface area contributed by atoms with Crippen LogP contribution in [0.5, 0.6) is 0 Å². The van der Waals surface area contributed by atoms with E-state index in [4.69, 9.17) is 4.52 Å². The van der Waals surface area contributed by atoms with E-state index in [1.54, 1.807) is 17.7 Å². The molecule has 0 saturated carbocycles. The molecular formula is C13H17N5O3. The Kier molecular flexibility index (Phi) is 4.36. The van der Waals surface area contributed by atoms with E-state index in [0.29, 0.717) is 29.4 Å². The predicted molar refractivity (Wildman–Crippen MR) is 74.9 cm³/mol. The van der Waals surface area contributed by atoms with Crippen LogP contribution in [0.2, 0.25) is 0 Å². The summed E-state index contributed by atoms with van der Waals surface area (Å²) in [6.07, 6.45) is 1.47. The van der Waals surface area contributed by atoms with Gasteiger partial charge in [0.05, 0.1) is 18.3 Å². The number of rotatable bonds is 5. The molecule has 0 saturated heterocycles. The summed E-state index contributed by atoms with van der Waals surface area (Å²) >= 11 is 0. The molecule has 0 spiro atoms. The first-order chi connectivity index (χ1) is 10.0. The van der Waals surface area contributed by atoms with Gasteiger partial charge < -0.3 is 15.2 Å². The van der Waals surface area contributed by atoms with Crippen molar-refractivity contribution in [1.82, 2.24) is 20.3 Å². The van der Waals surface area contributed by atoms with Gasteiger partial charge in [-0.1, -0.05) is 5.16 Å². The summed E-state index contributed by atoms with van der Waals surface area (Å²) in [5, 5.41) is 13.0. The lowest BCUT2D eigenvalue weighted by Crippen LogP contribution is -2.23. The molecule has 2 amide bonds. The highest BCUT2D eigenvalue weighted by molar-refractivity contribution is 6.02. The highest BCUT2D eigenvalue weighted by atomic mass is 16.5. The van der Waals surface area contributed by atoms with Crippen molar-refractivity contribution in [2.45, 2.75) is 26.8 Å². The quantitative estimate of drug-likeness (QED) is 0.846. The normalized spacial score (nSPS) is 10.4. The van der Waals surface area contributed by atoms with Crippen LogP contribution in [-0.4, -0.2) is 33.8 Å². The van der Waals surface area contributed by atoms with Crippen LogP contribution in [0.3, 0.4) is 0 Å². The predicted octanol–water partition coefficient (Wildman–Crippen LogP) is 0.740. The zero-order chi connectivity index (χ0) is 15.4. The van der Waals surface area contributed by atoms with Gasteiger partial charge in [-0.2, -0.15) is 5.10 Å². The standard InChI is InChI=1S/C13H17N5O3/c1-4-18-12(10(7-15-18)13(20)14-3)16-11(19)6-9-5-8(2)17-21-9/h5,7H,4,6H2,1-3H3,(H,14,20)(H,16,19). The molecule has 2 aromatic heterocycles. The Hall–Kier alpha value is -2.64. The number of aromatic nitrogens is 3. The van der Waals surface area contributed by atoms with Crippen molar-refractivity contribution in [3.8, 4) is 0 Å². The van der Waals surface area contributed by atoms with E-state index in [-0.39, 0.29) is 18.2 Å². The second-order valence-corrected chi connectivity index (χ2v) is 4.46. The first-order valence-corrected chi connectivity index (χ1v) is 6.55. The van der Waals surface area contributed by atoms with Crippen molar-refractivity contribution in [3.05, 3.63) is 29.3 Å². The van der Waals surface area contributed by atoms with Gasteiger partial charge in [0.1, 0.15) is 17.1 Å². The molecule has 0 aliphatic rings. The number of hydrogen-bond donors (Lipinski definition) is 2. The van der Waals surface area contributed by atoms with E-state index in [1.165, 1.54) is 13.2 Å². The molecule has 2 N–H and O–H groups in total. The Bertz CT molecular complexity index is 659. The Morgan fingerprint density at radius 1 is 1.43 bits per heavy atom. The maximum Gasteiger partial charge on any atom is 0.256 e. The molecule has 112 valence electrons. The molecule has 8 nitrogen and oxygen atoms in total. The fraction of sp³-hybridized carbons (Fsp3) is 0.385. The van der Waals surface area contributed by atoms with Gasteiger partial charge in [0.25, 0.3) is 5.91 Å². The lowest BCUT2D eigenvalue weighted by Gasteiger charge is -2.08. The highest BCUT2D eigenvalue weighted by Crippen LogP contribution is 2.16. The number of nitrogens with zero attached hydrogens (tertiary/aromatic N) is 3. The van der Waals surface area contributed by atoms with Crippen LogP contribution in [0.1, 0.15) is 28.7 Å². The van der Waals surface area contributed by atoms with Gasteiger partial charge in [-0.3, -0.25) is 9.59 Å². The van der Waals surface area contributed by atoms with Crippen molar-refractivity contribution in [3.63, 3.8) is 0 Å². The topological polar surface area (TPSA) is 102 Å². The number of amides is 2. The maximum atomic E-state index is 12.0. The average Bonchev–Trinajstić information content (AvgIpc) is 3.04. The van der Waals surface area contributed by atoms with Crippen molar-refractivity contribution < 1.29 is 14.1 Å². The van der Waals surface area contributed by atoms with Crippen LogP contribution in [0.15, 0.2) is 16.8 Å². The third-order valence-electron chi connectivity index (χ3n) is 2.88. The average molecular weight is 291 g/mol. The van der Waals surface area contributed by atoms with Crippen LogP contribution >= 0.6 is 0 Å². The molecule has 2 rings (SSSR count). The number of nitrogens with one attached hydrogen (secondary N) is 2. The summed E-state index contributed by atoms with van der Waals surface area (Å²) in [6, 6.07) is 1.69. The second-order valence-electron chi connectivity index (χ2n) is 4.46. The SMILES string of the molecule is CCn1ncc(C(=O)NC)c1NC(=O)Cc1cc(C)no1. The molecule has 8 heteroatoms. The fourth-order valence-corrected chi connectivity index (χ4v) is 1.89. The molecule has 0 atom stereocenters. The Labute approximate surface area is 121 Å². The second kappa shape index (κ2) is 6.21. The molecule has 0 aliphatic carbocycles. The summed E-state index contributed by atoms with van der Waals surface area (Å²) in [5.74, 6) is 0.235. The van der Waals surface area contributed by atoms with Crippen molar-refractivity contribution in [2.24, 2.45) is 0 Å². The first kappa shape index (κ1) is 14.8. The van der Waals surface area contributed by atoms with E-state index in [0.717, 1.165) is 0 Å². The third kappa shape index (κ3) is 3.28. The van der Waals surface area contributed by atoms with E-state index in [9.17, 15) is 9.59 Å². The lowest BCUT2D eigenvalue weighted by atomic mass is 10.2. The van der Waals surface area contributed by atoms with E-state index < -0.39 is 0 Å². The van der Waals surface area contributed by atoms with Gasteiger partial charge >= 0.3 is 0 Å². The molecule has 21 heavy (non-hydrogen) atoms. The zero-order valence-electron chi connectivity index (χ0n) is 12.1. The van der Waals surface area contributed by atoms with Crippen molar-refractivity contribution in [1.29, 1.82) is 0 Å². The van der Waals surface area contributed by atoms with E-state index in [2.05, 4.69) is 20.9 Å². The number of carbonyl (C=O) groups is 2. The minimum Gasteiger partial charge on any atom is -0.361 e. The van der Waals surface area contributed by atoms with Crippen LogP contribution in [0.4, 0.5) is 5.82 Å². The molecular weight excluding hydrogens is 274 g/mol. The van der Waals surface area contributed by atoms with Gasteiger partial charge in [-0.05, 0) is 13.8 Å². The monoisotopic (exact) mass is 291 g/mol. The van der Waals surface area contributed by atoms with Gasteiger partial charge in [0.15, 0.2) is 0 Å². The van der Waals surface area contributed by atoms with Crippen LogP contribution < -0.4 is 10.6 Å². The number of carbonyl (C=O) groups excluding carboxylic acids is 2. The number of hydrogen-bond acceptors (Lipinski definition) is 5. The molecule has 2 heterocycles.